The highest BCUT2D eigenvalue weighted by atomic mass is 14.5. The molecule has 0 aromatic carbocycles. The van der Waals surface area contributed by atoms with E-state index in [1.54, 1.807) is 0 Å². The summed E-state index contributed by atoms with van der Waals surface area (Å²) in [7, 11) is 0. The predicted molar refractivity (Wildman–Crippen MR) is 49.4 cm³/mol. The van der Waals surface area contributed by atoms with Crippen LogP contribution in [0.15, 0.2) is 0 Å². The maximum absolute atomic E-state index is 5.48. The van der Waals surface area contributed by atoms with Crippen molar-refractivity contribution in [1.82, 2.24) is 0 Å². The number of hydrogen-bond acceptors (Lipinski definition) is 1. The van der Waals surface area contributed by atoms with E-state index in [0.29, 0.717) is 0 Å². The Hall–Kier alpha value is -0.0400. The van der Waals surface area contributed by atoms with Crippen LogP contribution in [0.5, 0.6) is 0 Å². The normalized spacial score (nSPS) is 23.2. The lowest BCUT2D eigenvalue weighted by Crippen LogP contribution is -2.07. The number of hydrogen-bond donors (Lipinski definition) is 1. The zero-order chi connectivity index (χ0) is 8.32. The van der Waals surface area contributed by atoms with Crippen molar-refractivity contribution in [2.24, 2.45) is 17.1 Å². The first-order chi connectivity index (χ1) is 5.16. The van der Waals surface area contributed by atoms with Crippen LogP contribution in [-0.2, 0) is 0 Å². The average molecular weight is 155 g/mol. The molecule has 1 nitrogen and oxygen atoms in total. The largest absolute Gasteiger partial charge is 0.330 e. The quantitative estimate of drug-likeness (QED) is 0.648. The molecule has 0 aromatic rings. The highest BCUT2D eigenvalue weighted by molar-refractivity contribution is 4.88. The van der Waals surface area contributed by atoms with E-state index in [0.717, 1.165) is 17.9 Å². The van der Waals surface area contributed by atoms with E-state index in [1.165, 1.54) is 32.1 Å². The second-order valence-corrected chi connectivity index (χ2v) is 4.53. The van der Waals surface area contributed by atoms with Crippen LogP contribution >= 0.6 is 0 Å². The molecule has 2 N–H and O–H groups in total. The van der Waals surface area contributed by atoms with E-state index in [4.69, 9.17) is 5.73 Å². The second kappa shape index (κ2) is 3.57. The molecule has 0 heterocycles. The van der Waals surface area contributed by atoms with Gasteiger partial charge in [0, 0.05) is 0 Å². The predicted octanol–water partition coefficient (Wildman–Crippen LogP) is 2.55. The van der Waals surface area contributed by atoms with Crippen molar-refractivity contribution >= 4 is 0 Å². The van der Waals surface area contributed by atoms with E-state index in [1.807, 2.05) is 0 Å². The third-order valence-electron chi connectivity index (χ3n) is 3.00. The van der Waals surface area contributed by atoms with Crippen molar-refractivity contribution in [2.75, 3.05) is 6.54 Å². The van der Waals surface area contributed by atoms with Gasteiger partial charge in [-0.1, -0.05) is 20.3 Å². The summed E-state index contributed by atoms with van der Waals surface area (Å²) in [4.78, 5) is 0. The standard InChI is InChI=1S/C10H21N/c1-9(4-8-11)3-5-10(2)6-7-10/h9H,3-8,11H2,1-2H3. The Bertz CT molecular complexity index is 116. The summed E-state index contributed by atoms with van der Waals surface area (Å²) in [5.41, 5.74) is 6.22. The molecule has 11 heavy (non-hydrogen) atoms. The summed E-state index contributed by atoms with van der Waals surface area (Å²) in [6.45, 7) is 5.58. The van der Waals surface area contributed by atoms with E-state index >= 15 is 0 Å². The zero-order valence-corrected chi connectivity index (χ0v) is 7.90. The third-order valence-corrected chi connectivity index (χ3v) is 3.00. The fraction of sp³-hybridized carbons (Fsp3) is 1.00. The smallest absolute Gasteiger partial charge is 0.00747 e. The van der Waals surface area contributed by atoms with Gasteiger partial charge in [-0.2, -0.15) is 0 Å². The van der Waals surface area contributed by atoms with Crippen molar-refractivity contribution in [3.63, 3.8) is 0 Å². The van der Waals surface area contributed by atoms with Crippen molar-refractivity contribution in [3.05, 3.63) is 0 Å². The van der Waals surface area contributed by atoms with E-state index in [9.17, 15) is 0 Å². The molecule has 1 aliphatic carbocycles. The molecule has 0 bridgehead atoms. The zero-order valence-electron chi connectivity index (χ0n) is 7.90. The molecule has 0 amide bonds. The molecule has 0 aliphatic heterocycles. The molecule has 0 spiro atoms. The molecular formula is C10H21N. The maximum Gasteiger partial charge on any atom is -0.00747 e. The third kappa shape index (κ3) is 3.24. The van der Waals surface area contributed by atoms with Crippen LogP contribution in [0, 0.1) is 11.3 Å². The van der Waals surface area contributed by atoms with Gasteiger partial charge in [-0.15, -0.1) is 0 Å². The summed E-state index contributed by atoms with van der Waals surface area (Å²) >= 11 is 0. The molecule has 1 heteroatoms. The Balaban J connectivity index is 2.01. The molecular weight excluding hydrogens is 134 g/mol. The fourth-order valence-electron chi connectivity index (χ4n) is 1.49. The Kier molecular flexibility index (Phi) is 2.94. The van der Waals surface area contributed by atoms with Gasteiger partial charge in [-0.25, -0.2) is 0 Å². The van der Waals surface area contributed by atoms with Crippen LogP contribution in [0.4, 0.5) is 0 Å². The molecule has 0 radical (unpaired) electrons. The molecule has 1 fully saturated rings. The van der Waals surface area contributed by atoms with E-state index in [2.05, 4.69) is 13.8 Å². The van der Waals surface area contributed by atoms with Crippen LogP contribution < -0.4 is 5.73 Å². The topological polar surface area (TPSA) is 26.0 Å². The first-order valence-electron chi connectivity index (χ1n) is 4.86. The van der Waals surface area contributed by atoms with Gasteiger partial charge in [0.05, 0.1) is 0 Å². The molecule has 1 unspecified atom stereocenters. The van der Waals surface area contributed by atoms with Crippen LogP contribution in [0.25, 0.3) is 0 Å². The number of nitrogens with two attached hydrogens (primary N) is 1. The summed E-state index contributed by atoms with van der Waals surface area (Å²) in [6.07, 6.45) is 6.93. The van der Waals surface area contributed by atoms with E-state index in [-0.39, 0.29) is 0 Å². The summed E-state index contributed by atoms with van der Waals surface area (Å²) in [5.74, 6) is 0.845. The van der Waals surface area contributed by atoms with Gasteiger partial charge in [0.25, 0.3) is 0 Å². The Morgan fingerprint density at radius 1 is 1.36 bits per heavy atom. The minimum absolute atomic E-state index is 0.739. The lowest BCUT2D eigenvalue weighted by molar-refractivity contribution is 0.404. The van der Waals surface area contributed by atoms with Gasteiger partial charge in [-0.05, 0) is 43.6 Å². The molecule has 66 valence electrons. The first-order valence-corrected chi connectivity index (χ1v) is 4.86. The van der Waals surface area contributed by atoms with Gasteiger partial charge in [0.15, 0.2) is 0 Å². The second-order valence-electron chi connectivity index (χ2n) is 4.53. The maximum atomic E-state index is 5.48. The Labute approximate surface area is 70.4 Å². The van der Waals surface area contributed by atoms with Crippen molar-refractivity contribution < 1.29 is 0 Å². The van der Waals surface area contributed by atoms with Crippen molar-refractivity contribution in [1.29, 1.82) is 0 Å². The lowest BCUT2D eigenvalue weighted by Gasteiger charge is -2.12. The van der Waals surface area contributed by atoms with Crippen molar-refractivity contribution in [2.45, 2.75) is 46.0 Å². The highest BCUT2D eigenvalue weighted by Crippen LogP contribution is 2.49. The molecule has 1 aliphatic rings. The molecule has 1 saturated carbocycles. The molecule has 0 saturated heterocycles. The lowest BCUT2D eigenvalue weighted by atomic mass is 9.94. The van der Waals surface area contributed by atoms with Gasteiger partial charge < -0.3 is 5.73 Å². The highest BCUT2D eigenvalue weighted by Gasteiger charge is 2.36. The Morgan fingerprint density at radius 3 is 2.45 bits per heavy atom. The summed E-state index contributed by atoms with van der Waals surface area (Å²) in [5, 5.41) is 0. The van der Waals surface area contributed by atoms with E-state index < -0.39 is 0 Å². The van der Waals surface area contributed by atoms with Crippen LogP contribution in [0.3, 0.4) is 0 Å². The SMILES string of the molecule is CC(CCN)CCC1(C)CC1. The fourth-order valence-corrected chi connectivity index (χ4v) is 1.49. The van der Waals surface area contributed by atoms with Gasteiger partial charge in [0.2, 0.25) is 0 Å². The number of rotatable bonds is 5. The molecule has 1 rings (SSSR count). The van der Waals surface area contributed by atoms with Crippen LogP contribution in [0.1, 0.15) is 46.0 Å². The van der Waals surface area contributed by atoms with Crippen molar-refractivity contribution in [3.8, 4) is 0 Å². The van der Waals surface area contributed by atoms with Gasteiger partial charge in [-0.3, -0.25) is 0 Å². The Morgan fingerprint density at radius 2 is 2.00 bits per heavy atom. The summed E-state index contributed by atoms with van der Waals surface area (Å²) < 4.78 is 0. The molecule has 1 atom stereocenters. The average Bonchev–Trinajstić information content (AvgIpc) is 2.66. The minimum Gasteiger partial charge on any atom is -0.330 e. The molecule has 0 aromatic heterocycles. The van der Waals surface area contributed by atoms with Gasteiger partial charge in [0.1, 0.15) is 0 Å². The van der Waals surface area contributed by atoms with Crippen LogP contribution in [-0.4, -0.2) is 6.54 Å². The monoisotopic (exact) mass is 155 g/mol. The summed E-state index contributed by atoms with van der Waals surface area (Å²) in [6, 6.07) is 0. The first kappa shape index (κ1) is 9.05. The van der Waals surface area contributed by atoms with Gasteiger partial charge >= 0.3 is 0 Å². The minimum atomic E-state index is 0.739. The van der Waals surface area contributed by atoms with Crippen LogP contribution in [0.2, 0.25) is 0 Å².